The zero-order chi connectivity index (χ0) is 20.4. The third-order valence-electron chi connectivity index (χ3n) is 4.77. The lowest BCUT2D eigenvalue weighted by molar-refractivity contribution is -0.384. The summed E-state index contributed by atoms with van der Waals surface area (Å²) in [7, 11) is 1.25. The van der Waals surface area contributed by atoms with Crippen molar-refractivity contribution >= 4 is 34.2 Å². The predicted molar refractivity (Wildman–Crippen MR) is 99.8 cm³/mol. The first-order valence-corrected chi connectivity index (χ1v) is 8.76. The van der Waals surface area contributed by atoms with E-state index in [9.17, 15) is 24.5 Å². The number of nitrogens with zero attached hydrogens (tertiary/aromatic N) is 2. The average molecular weight is 385 g/mol. The normalized spacial score (nSPS) is 14.3. The van der Waals surface area contributed by atoms with Crippen LogP contribution in [0.15, 0.2) is 30.3 Å². The molecular weight excluding hydrogens is 366 g/mol. The predicted octanol–water partition coefficient (Wildman–Crippen LogP) is 2.01. The first-order valence-electron chi connectivity index (χ1n) is 8.76. The van der Waals surface area contributed by atoms with E-state index in [1.165, 1.54) is 19.2 Å². The van der Waals surface area contributed by atoms with E-state index in [0.717, 1.165) is 4.90 Å². The zero-order valence-electron chi connectivity index (χ0n) is 15.2. The summed E-state index contributed by atoms with van der Waals surface area (Å²) in [6.07, 6.45) is 1.32. The number of amides is 2. The maximum atomic E-state index is 12.9. The van der Waals surface area contributed by atoms with Crippen LogP contribution >= 0.6 is 0 Å². The standard InChI is InChI=1S/C19H19N3O6/c1-28-19(25)15(20)7-2-3-8-21-17(23)13-6-4-5-11-9-12(22(26)27)10-14(16(11)13)18(21)24/h4-6,9-10,15H,2-3,7-8,20H2,1H3/t15-/m0/s1. The molecule has 1 aliphatic heterocycles. The molecule has 9 heteroatoms. The number of esters is 1. The fourth-order valence-electron chi connectivity index (χ4n) is 3.35. The van der Waals surface area contributed by atoms with E-state index in [1.807, 2.05) is 0 Å². The van der Waals surface area contributed by atoms with Crippen LogP contribution < -0.4 is 5.73 Å². The highest BCUT2D eigenvalue weighted by Gasteiger charge is 2.33. The van der Waals surface area contributed by atoms with Crippen molar-refractivity contribution in [3.05, 3.63) is 51.6 Å². The first kappa shape index (κ1) is 19.4. The molecule has 0 saturated heterocycles. The van der Waals surface area contributed by atoms with Crippen LogP contribution in [0.4, 0.5) is 5.69 Å². The minimum absolute atomic E-state index is 0.129. The summed E-state index contributed by atoms with van der Waals surface area (Å²) < 4.78 is 4.56. The molecular formula is C19H19N3O6. The maximum absolute atomic E-state index is 12.9. The fraction of sp³-hybridized carbons (Fsp3) is 0.316. The summed E-state index contributed by atoms with van der Waals surface area (Å²) in [6.45, 7) is 0.129. The number of carbonyl (C=O) groups excluding carboxylic acids is 3. The summed E-state index contributed by atoms with van der Waals surface area (Å²) in [6, 6.07) is 6.68. The zero-order valence-corrected chi connectivity index (χ0v) is 15.2. The molecule has 0 aromatic heterocycles. The number of ether oxygens (including phenoxy) is 1. The van der Waals surface area contributed by atoms with Gasteiger partial charge in [-0.2, -0.15) is 0 Å². The van der Waals surface area contributed by atoms with E-state index in [0.29, 0.717) is 35.6 Å². The molecule has 1 heterocycles. The minimum Gasteiger partial charge on any atom is -0.468 e. The van der Waals surface area contributed by atoms with Crippen LogP contribution in [0.3, 0.4) is 0 Å². The topological polar surface area (TPSA) is 133 Å². The van der Waals surface area contributed by atoms with Crippen molar-refractivity contribution in [3.63, 3.8) is 0 Å². The number of methoxy groups -OCH3 is 1. The summed E-state index contributed by atoms with van der Waals surface area (Å²) in [4.78, 5) is 48.7. The highest BCUT2D eigenvalue weighted by molar-refractivity contribution is 6.25. The lowest BCUT2D eigenvalue weighted by atomic mass is 9.93. The molecule has 2 aromatic carbocycles. The molecule has 0 unspecified atom stereocenters. The number of nitro groups is 1. The van der Waals surface area contributed by atoms with Crippen LogP contribution in [-0.4, -0.2) is 47.3 Å². The van der Waals surface area contributed by atoms with Crippen molar-refractivity contribution in [1.29, 1.82) is 0 Å². The van der Waals surface area contributed by atoms with Gasteiger partial charge >= 0.3 is 5.97 Å². The van der Waals surface area contributed by atoms with Crippen molar-refractivity contribution in [2.24, 2.45) is 5.73 Å². The van der Waals surface area contributed by atoms with Gasteiger partial charge in [0.05, 0.1) is 17.6 Å². The molecule has 28 heavy (non-hydrogen) atoms. The van der Waals surface area contributed by atoms with E-state index < -0.39 is 28.7 Å². The van der Waals surface area contributed by atoms with Crippen LogP contribution in [0.2, 0.25) is 0 Å². The number of unbranched alkanes of at least 4 members (excludes halogenated alkanes) is 1. The van der Waals surface area contributed by atoms with E-state index >= 15 is 0 Å². The molecule has 2 aromatic rings. The van der Waals surface area contributed by atoms with Crippen molar-refractivity contribution in [2.45, 2.75) is 25.3 Å². The van der Waals surface area contributed by atoms with Crippen LogP contribution in [0, 0.1) is 10.1 Å². The van der Waals surface area contributed by atoms with Gasteiger partial charge in [-0.25, -0.2) is 0 Å². The Kier molecular flexibility index (Phi) is 5.36. The molecule has 9 nitrogen and oxygen atoms in total. The van der Waals surface area contributed by atoms with Crippen LogP contribution in [0.5, 0.6) is 0 Å². The number of imide groups is 1. The van der Waals surface area contributed by atoms with Crippen LogP contribution in [0.25, 0.3) is 10.8 Å². The van der Waals surface area contributed by atoms with E-state index in [-0.39, 0.29) is 17.8 Å². The Balaban J connectivity index is 1.82. The van der Waals surface area contributed by atoms with Crippen LogP contribution in [-0.2, 0) is 9.53 Å². The van der Waals surface area contributed by atoms with Crippen molar-refractivity contribution < 1.29 is 24.0 Å². The van der Waals surface area contributed by atoms with Gasteiger partial charge in [-0.05, 0) is 30.7 Å². The number of nitrogens with two attached hydrogens (primary N) is 1. The second-order valence-corrected chi connectivity index (χ2v) is 6.54. The van der Waals surface area contributed by atoms with Gasteiger partial charge in [0.1, 0.15) is 6.04 Å². The van der Waals surface area contributed by atoms with E-state index in [2.05, 4.69) is 4.74 Å². The molecule has 1 atom stereocenters. The Bertz CT molecular complexity index is 987. The molecule has 0 spiro atoms. The SMILES string of the molecule is COC(=O)[C@@H](N)CCCCN1C(=O)c2cccc3cc([N+](=O)[O-])cc(c23)C1=O. The molecule has 0 fully saturated rings. The van der Waals surface area contributed by atoms with Crippen LogP contribution in [0.1, 0.15) is 40.0 Å². The van der Waals surface area contributed by atoms with Gasteiger partial charge in [-0.3, -0.25) is 29.4 Å². The van der Waals surface area contributed by atoms with Gasteiger partial charge in [-0.1, -0.05) is 12.1 Å². The van der Waals surface area contributed by atoms with Gasteiger partial charge < -0.3 is 10.5 Å². The fourth-order valence-corrected chi connectivity index (χ4v) is 3.35. The Morgan fingerprint density at radius 2 is 1.93 bits per heavy atom. The van der Waals surface area contributed by atoms with Gasteiger partial charge in [0.25, 0.3) is 17.5 Å². The summed E-state index contributed by atoms with van der Waals surface area (Å²) >= 11 is 0. The van der Waals surface area contributed by atoms with Crippen molar-refractivity contribution in [1.82, 2.24) is 4.90 Å². The van der Waals surface area contributed by atoms with Gasteiger partial charge in [0.2, 0.25) is 0 Å². The molecule has 0 radical (unpaired) electrons. The highest BCUT2D eigenvalue weighted by Crippen LogP contribution is 2.33. The Labute approximate surface area is 160 Å². The number of nitro benzene ring substituents is 1. The Morgan fingerprint density at radius 3 is 2.61 bits per heavy atom. The van der Waals surface area contributed by atoms with Crippen molar-refractivity contribution in [3.8, 4) is 0 Å². The lowest BCUT2D eigenvalue weighted by Crippen LogP contribution is -2.41. The first-order chi connectivity index (χ1) is 13.3. The Morgan fingerprint density at radius 1 is 1.21 bits per heavy atom. The number of hydrogen-bond acceptors (Lipinski definition) is 7. The van der Waals surface area contributed by atoms with Gasteiger partial charge in [0.15, 0.2) is 0 Å². The smallest absolute Gasteiger partial charge is 0.322 e. The molecule has 0 aliphatic carbocycles. The maximum Gasteiger partial charge on any atom is 0.322 e. The number of carbonyl (C=O) groups is 3. The number of non-ortho nitro benzene ring substituents is 1. The quantitative estimate of drug-likeness (QED) is 0.253. The second-order valence-electron chi connectivity index (χ2n) is 6.54. The number of rotatable bonds is 7. The Hall–Kier alpha value is -3.33. The molecule has 0 saturated carbocycles. The van der Waals surface area contributed by atoms with Crippen molar-refractivity contribution in [2.75, 3.05) is 13.7 Å². The molecule has 1 aliphatic rings. The third kappa shape index (κ3) is 3.44. The van der Waals surface area contributed by atoms with Gasteiger partial charge in [-0.15, -0.1) is 0 Å². The molecule has 146 valence electrons. The summed E-state index contributed by atoms with van der Waals surface area (Å²) in [5, 5.41) is 12.1. The number of hydrogen-bond donors (Lipinski definition) is 1. The third-order valence-corrected chi connectivity index (χ3v) is 4.77. The lowest BCUT2D eigenvalue weighted by Gasteiger charge is -2.27. The minimum atomic E-state index is -0.755. The summed E-state index contributed by atoms with van der Waals surface area (Å²) in [5.74, 6) is -1.51. The van der Waals surface area contributed by atoms with E-state index in [4.69, 9.17) is 5.73 Å². The molecule has 2 amide bonds. The molecule has 0 bridgehead atoms. The highest BCUT2D eigenvalue weighted by atomic mass is 16.6. The monoisotopic (exact) mass is 385 g/mol. The average Bonchev–Trinajstić information content (AvgIpc) is 2.69. The molecule has 3 rings (SSSR count). The largest absolute Gasteiger partial charge is 0.468 e. The number of benzene rings is 2. The molecule has 2 N–H and O–H groups in total. The summed E-state index contributed by atoms with van der Waals surface area (Å²) in [5.41, 5.74) is 5.96. The van der Waals surface area contributed by atoms with E-state index in [1.54, 1.807) is 18.2 Å². The second kappa shape index (κ2) is 7.73. The van der Waals surface area contributed by atoms with Gasteiger partial charge in [0, 0.05) is 29.6 Å².